The van der Waals surface area contributed by atoms with E-state index in [-0.39, 0.29) is 18.3 Å². The van der Waals surface area contributed by atoms with Gasteiger partial charge >= 0.3 is 5.69 Å². The van der Waals surface area contributed by atoms with Gasteiger partial charge < -0.3 is 19.5 Å². The maximum Gasteiger partial charge on any atom is 0.351 e. The van der Waals surface area contributed by atoms with E-state index in [9.17, 15) is 9.59 Å². The number of aromatic nitrogens is 2. The molecular weight excluding hydrogens is 783 g/mol. The van der Waals surface area contributed by atoms with Crippen molar-refractivity contribution in [2.75, 3.05) is 11.9 Å². The second kappa shape index (κ2) is 18.2. The highest BCUT2D eigenvalue weighted by Crippen LogP contribution is 2.47. The summed E-state index contributed by atoms with van der Waals surface area (Å²) in [6, 6.07) is 71.1. The van der Waals surface area contributed by atoms with Gasteiger partial charge in [0.25, 0.3) is 5.91 Å². The number of rotatable bonds is 14. The third kappa shape index (κ3) is 8.07. The molecular formula is C55H45N3O5. The van der Waals surface area contributed by atoms with Crippen LogP contribution in [0.1, 0.15) is 50.0 Å². The fraction of sp³-hybridized carbons (Fsp3) is 0.109. The van der Waals surface area contributed by atoms with Crippen LogP contribution in [0.2, 0.25) is 0 Å². The Bertz CT molecular complexity index is 2630. The number of nitrogens with one attached hydrogen (secondary N) is 1. The largest absolute Gasteiger partial charge is 0.358 e. The fourth-order valence-electron chi connectivity index (χ4n) is 8.55. The number of benzene rings is 7. The Labute approximate surface area is 366 Å². The lowest BCUT2D eigenvalue weighted by molar-refractivity contribution is -0.125. The van der Waals surface area contributed by atoms with Crippen LogP contribution in [0.4, 0.5) is 5.82 Å². The third-order valence-electron chi connectivity index (χ3n) is 11.5. The van der Waals surface area contributed by atoms with Crippen molar-refractivity contribution < 1.29 is 19.0 Å². The Kier molecular flexibility index (Phi) is 11.8. The van der Waals surface area contributed by atoms with Crippen LogP contribution in [0, 0.1) is 0 Å². The number of hydrogen-bond donors (Lipinski definition) is 1. The first-order chi connectivity index (χ1) is 31.0. The smallest absolute Gasteiger partial charge is 0.351 e. The number of amides is 1. The average molecular weight is 828 g/mol. The molecule has 1 saturated heterocycles. The van der Waals surface area contributed by atoms with Gasteiger partial charge in [0.05, 0.1) is 6.61 Å². The molecule has 310 valence electrons. The van der Waals surface area contributed by atoms with E-state index in [1.165, 1.54) is 4.57 Å². The van der Waals surface area contributed by atoms with E-state index in [2.05, 4.69) is 89.7 Å². The molecule has 0 bridgehead atoms. The zero-order valence-corrected chi connectivity index (χ0v) is 34.4. The molecule has 1 aromatic heterocycles. The molecule has 0 spiro atoms. The molecule has 0 unspecified atom stereocenters. The molecule has 9 rings (SSSR count). The summed E-state index contributed by atoms with van der Waals surface area (Å²) in [7, 11) is 0. The minimum atomic E-state index is -1.17. The van der Waals surface area contributed by atoms with Crippen LogP contribution in [0.15, 0.2) is 242 Å². The van der Waals surface area contributed by atoms with E-state index in [0.717, 1.165) is 33.4 Å². The predicted molar refractivity (Wildman–Crippen MR) is 245 cm³/mol. The number of anilines is 1. The van der Waals surface area contributed by atoms with Crippen molar-refractivity contribution in [3.05, 3.63) is 286 Å². The van der Waals surface area contributed by atoms with E-state index in [1.54, 1.807) is 36.5 Å². The molecule has 2 heterocycles. The van der Waals surface area contributed by atoms with Gasteiger partial charge in [0.2, 0.25) is 0 Å². The average Bonchev–Trinajstić information content (AvgIpc) is 3.66. The summed E-state index contributed by atoms with van der Waals surface area (Å²) in [4.78, 5) is 31.3. The van der Waals surface area contributed by atoms with Gasteiger partial charge in [0.1, 0.15) is 29.2 Å². The number of ether oxygens (including phenoxy) is 3. The van der Waals surface area contributed by atoms with Crippen LogP contribution in [0.25, 0.3) is 0 Å². The van der Waals surface area contributed by atoms with Gasteiger partial charge in [-0.2, -0.15) is 4.98 Å². The Morgan fingerprint density at radius 2 is 0.952 bits per heavy atom. The number of hydrogen-bond acceptors (Lipinski definition) is 6. The Balaban J connectivity index is 1.17. The van der Waals surface area contributed by atoms with Crippen molar-refractivity contribution in [3.63, 3.8) is 0 Å². The first-order valence-electron chi connectivity index (χ1n) is 20.9. The van der Waals surface area contributed by atoms with Crippen molar-refractivity contribution in [3.8, 4) is 0 Å². The lowest BCUT2D eigenvalue weighted by Crippen LogP contribution is -2.43. The van der Waals surface area contributed by atoms with Gasteiger partial charge in [0, 0.05) is 17.3 Å². The van der Waals surface area contributed by atoms with Crippen molar-refractivity contribution in [2.45, 2.75) is 29.6 Å². The van der Waals surface area contributed by atoms with Crippen LogP contribution in [-0.4, -0.2) is 34.3 Å². The summed E-state index contributed by atoms with van der Waals surface area (Å²) in [5, 5.41) is 2.74. The van der Waals surface area contributed by atoms with Crippen LogP contribution in [-0.2, 0) is 25.4 Å². The first kappa shape index (κ1) is 40.9. The summed E-state index contributed by atoms with van der Waals surface area (Å²) in [6.07, 6.45) is -1.10. The first-order valence-corrected chi connectivity index (χ1v) is 20.9. The highest BCUT2D eigenvalue weighted by Gasteiger charge is 2.49. The minimum absolute atomic E-state index is 0.0146. The predicted octanol–water partition coefficient (Wildman–Crippen LogP) is 10.3. The lowest BCUT2D eigenvalue weighted by atomic mass is 9.79. The Morgan fingerprint density at radius 1 is 0.571 bits per heavy atom. The van der Waals surface area contributed by atoms with Crippen molar-refractivity contribution in [2.24, 2.45) is 0 Å². The second-order valence-electron chi connectivity index (χ2n) is 15.3. The maximum absolute atomic E-state index is 14.0. The van der Waals surface area contributed by atoms with Gasteiger partial charge in [-0.05, 0) is 51.6 Å². The van der Waals surface area contributed by atoms with E-state index in [0.29, 0.717) is 11.1 Å². The van der Waals surface area contributed by atoms with Crippen LogP contribution in [0.5, 0.6) is 0 Å². The van der Waals surface area contributed by atoms with Crippen molar-refractivity contribution in [1.82, 2.24) is 9.55 Å². The van der Waals surface area contributed by atoms with Gasteiger partial charge in [-0.3, -0.25) is 9.36 Å². The number of carbonyl (C=O) groups excluding carboxylic acids is 1. The Morgan fingerprint density at radius 3 is 1.35 bits per heavy atom. The van der Waals surface area contributed by atoms with E-state index in [4.69, 9.17) is 14.2 Å². The second-order valence-corrected chi connectivity index (χ2v) is 15.3. The summed E-state index contributed by atoms with van der Waals surface area (Å²) in [5.74, 6) is -0.277. The topological polar surface area (TPSA) is 91.7 Å². The monoisotopic (exact) mass is 827 g/mol. The van der Waals surface area contributed by atoms with E-state index >= 15 is 0 Å². The fourth-order valence-corrected chi connectivity index (χ4v) is 8.55. The summed E-state index contributed by atoms with van der Waals surface area (Å²) in [5.41, 5.74) is 3.49. The summed E-state index contributed by atoms with van der Waals surface area (Å²) >= 11 is 0. The maximum atomic E-state index is 14.0. The molecule has 0 saturated carbocycles. The molecule has 8 heteroatoms. The number of carbonyl (C=O) groups is 1. The number of nitrogens with zero attached hydrogens (tertiary/aromatic N) is 2. The molecule has 1 fully saturated rings. The van der Waals surface area contributed by atoms with E-state index in [1.807, 2.05) is 115 Å². The molecule has 1 aliphatic rings. The molecule has 63 heavy (non-hydrogen) atoms. The zero-order valence-electron chi connectivity index (χ0n) is 34.4. The van der Waals surface area contributed by atoms with Crippen LogP contribution >= 0.6 is 0 Å². The van der Waals surface area contributed by atoms with Crippen LogP contribution < -0.4 is 11.0 Å². The molecule has 7 aromatic carbocycles. The molecule has 3 atom stereocenters. The SMILES string of the molecule is C=C1[C@H](n2ccc(NC(=O)c3ccccc3)nc2=O)O[C@H](COC(c2ccccc2)(c2ccccc2)c2ccccc2)[C@H]1OC(c1ccccc1)(c1ccccc1)c1ccccc1. The molecule has 1 aliphatic heterocycles. The van der Waals surface area contributed by atoms with E-state index < -0.39 is 35.3 Å². The molecule has 8 nitrogen and oxygen atoms in total. The summed E-state index contributed by atoms with van der Waals surface area (Å²) < 4.78 is 23.5. The minimum Gasteiger partial charge on any atom is -0.358 e. The van der Waals surface area contributed by atoms with Crippen LogP contribution in [0.3, 0.4) is 0 Å². The molecule has 8 aromatic rings. The lowest BCUT2D eigenvalue weighted by Gasteiger charge is -2.40. The third-order valence-corrected chi connectivity index (χ3v) is 11.5. The highest BCUT2D eigenvalue weighted by atomic mass is 16.6. The standard InChI is InChI=1S/C55H45N3O5/c1-40-50(63-55(45-31-17-6-18-32-45,46-33-19-7-20-34-46)47-35-21-8-22-36-47)48(62-52(40)58-38-37-49(57-53(58)60)56-51(59)41-23-9-2-10-24-41)39-61-54(42-25-11-3-12-26-42,43-27-13-4-14-28-43)44-29-15-5-16-30-44/h2-38,48,50,52H,1,39H2,(H,56,57,59,60)/t48-,50+,52-/m1/s1. The molecule has 1 N–H and O–H groups in total. The zero-order chi connectivity index (χ0) is 43.1. The highest BCUT2D eigenvalue weighted by molar-refractivity contribution is 6.03. The quantitative estimate of drug-likeness (QED) is 0.0867. The van der Waals surface area contributed by atoms with Gasteiger partial charge in [-0.25, -0.2) is 4.79 Å². The molecule has 0 aliphatic carbocycles. The van der Waals surface area contributed by atoms with Crippen molar-refractivity contribution in [1.29, 1.82) is 0 Å². The normalized spacial score (nSPS) is 16.4. The van der Waals surface area contributed by atoms with Gasteiger partial charge in [-0.1, -0.05) is 207 Å². The van der Waals surface area contributed by atoms with Crippen molar-refractivity contribution >= 4 is 11.7 Å². The summed E-state index contributed by atoms with van der Waals surface area (Å²) in [6.45, 7) is 4.63. The molecule has 0 radical (unpaired) electrons. The van der Waals surface area contributed by atoms with Gasteiger partial charge in [-0.15, -0.1) is 0 Å². The Hall–Kier alpha value is -7.49. The molecule has 1 amide bonds. The van der Waals surface area contributed by atoms with Gasteiger partial charge in [0.15, 0.2) is 6.23 Å².